The molecule has 3 aliphatic carbocycles. The summed E-state index contributed by atoms with van der Waals surface area (Å²) in [7, 11) is 0. The molecule has 0 aliphatic heterocycles. The Morgan fingerprint density at radius 1 is 0.391 bits per heavy atom. The van der Waals surface area contributed by atoms with E-state index in [1.807, 2.05) is 0 Å². The maximum atomic E-state index is 2.54. The number of aryl methyl sites for hydroxylation is 5. The summed E-state index contributed by atoms with van der Waals surface area (Å²) in [5.41, 5.74) is 28.1. The lowest BCUT2D eigenvalue weighted by Crippen LogP contribution is -2.29. The van der Waals surface area contributed by atoms with Crippen molar-refractivity contribution in [2.24, 2.45) is 0 Å². The first-order valence-corrected chi connectivity index (χ1v) is 23.3. The maximum absolute atomic E-state index is 2.54. The predicted octanol–water partition coefficient (Wildman–Crippen LogP) is 16.3. The number of fused-ring (bicyclic) bond motifs is 11. The number of hydrogen-bond donors (Lipinski definition) is 0. The van der Waals surface area contributed by atoms with E-state index in [2.05, 4.69) is 224 Å². The van der Waals surface area contributed by atoms with E-state index in [1.54, 1.807) is 0 Å². The van der Waals surface area contributed by atoms with E-state index in [-0.39, 0.29) is 10.8 Å². The number of hydrogen-bond acceptors (Lipinski definition) is 0. The fourth-order valence-corrected chi connectivity index (χ4v) is 12.9. The van der Waals surface area contributed by atoms with Crippen molar-refractivity contribution < 1.29 is 0 Å². The van der Waals surface area contributed by atoms with Gasteiger partial charge in [0.05, 0.1) is 5.41 Å². The molecule has 0 saturated carbocycles. The zero-order chi connectivity index (χ0) is 43.7. The quantitative estimate of drug-likeness (QED) is 0.157. The van der Waals surface area contributed by atoms with E-state index in [1.165, 1.54) is 128 Å². The molecule has 0 radical (unpaired) electrons. The normalized spacial score (nSPS) is 18.3. The highest BCUT2D eigenvalue weighted by Gasteiger charge is 2.48. The average Bonchev–Trinajstić information content (AvgIpc) is 3.85. The SMILES string of the molecule is Cc1ccc(C2(c3ccc(C)c(-c4ccc5c(C)cc6c(c5c4)-c4ccccc4C6(C)C)c3)c3ccccc3-c3c(CCC4(C)c5ccccc5-c5cccc(C)c54)cccc32)cc1. The first-order chi connectivity index (χ1) is 31.0. The molecule has 310 valence electrons. The van der Waals surface area contributed by atoms with E-state index in [0.29, 0.717) is 0 Å². The number of rotatable bonds is 6. The fraction of sp³-hybridized carbons (Fsp3) is 0.188. The lowest BCUT2D eigenvalue weighted by molar-refractivity contribution is 0.530. The first-order valence-electron chi connectivity index (χ1n) is 23.3. The summed E-state index contributed by atoms with van der Waals surface area (Å²) in [5, 5.41) is 2.68. The molecule has 0 saturated heterocycles. The summed E-state index contributed by atoms with van der Waals surface area (Å²) < 4.78 is 0. The molecule has 0 aromatic heterocycles. The molecule has 0 bridgehead atoms. The molecule has 2 unspecified atom stereocenters. The molecule has 0 nitrogen and oxygen atoms in total. The van der Waals surface area contributed by atoms with Gasteiger partial charge in [-0.25, -0.2) is 0 Å². The van der Waals surface area contributed by atoms with Crippen LogP contribution in [0.4, 0.5) is 0 Å². The lowest BCUT2D eigenvalue weighted by atomic mass is 9.67. The van der Waals surface area contributed by atoms with Gasteiger partial charge in [0.25, 0.3) is 0 Å². The standard InChI is InChI=1S/C64H54/c1-39-26-30-45(31-27-39)64(46-32-28-40(2)52(38-46)44-29-33-47-42(4)36-58-60(53(47)37-44)50-19-9-11-22-54(50)62(58,5)6)56-24-13-10-20-51(56)59-43(17-15-25-57(59)64)34-35-63(7)55-23-12-8-18-48(55)49-21-14-16-41(3)61(49)63/h8-33,36-38H,34-35H2,1-7H3. The van der Waals surface area contributed by atoms with Gasteiger partial charge in [0, 0.05) is 10.8 Å². The molecule has 0 fully saturated rings. The molecule has 9 aromatic carbocycles. The van der Waals surface area contributed by atoms with Crippen LogP contribution in [0.2, 0.25) is 0 Å². The Morgan fingerprint density at radius 2 is 1.03 bits per heavy atom. The van der Waals surface area contributed by atoms with Crippen LogP contribution in [0.25, 0.3) is 55.3 Å². The summed E-state index contributed by atoms with van der Waals surface area (Å²) >= 11 is 0. The van der Waals surface area contributed by atoms with Crippen LogP contribution in [0.1, 0.15) is 99.5 Å². The summed E-state index contributed by atoms with van der Waals surface area (Å²) in [6.45, 7) is 16.4. The van der Waals surface area contributed by atoms with E-state index in [4.69, 9.17) is 0 Å². The van der Waals surface area contributed by atoms with E-state index < -0.39 is 5.41 Å². The maximum Gasteiger partial charge on any atom is 0.0713 e. The van der Waals surface area contributed by atoms with Crippen LogP contribution >= 0.6 is 0 Å². The van der Waals surface area contributed by atoms with E-state index in [0.717, 1.165) is 12.8 Å². The van der Waals surface area contributed by atoms with Gasteiger partial charge in [0.15, 0.2) is 0 Å². The van der Waals surface area contributed by atoms with E-state index >= 15 is 0 Å². The molecule has 0 spiro atoms. The Hall–Kier alpha value is -6.76. The molecule has 9 aromatic rings. The zero-order valence-corrected chi connectivity index (χ0v) is 38.2. The third kappa shape index (κ3) is 5.23. The zero-order valence-electron chi connectivity index (χ0n) is 38.2. The summed E-state index contributed by atoms with van der Waals surface area (Å²) in [4.78, 5) is 0. The molecule has 12 rings (SSSR count). The van der Waals surface area contributed by atoms with Crippen LogP contribution in [0.15, 0.2) is 176 Å². The van der Waals surface area contributed by atoms with Gasteiger partial charge >= 0.3 is 0 Å². The van der Waals surface area contributed by atoms with Crippen molar-refractivity contribution in [3.05, 3.63) is 248 Å². The van der Waals surface area contributed by atoms with Gasteiger partial charge in [0.1, 0.15) is 0 Å². The van der Waals surface area contributed by atoms with Gasteiger partial charge in [-0.2, -0.15) is 0 Å². The van der Waals surface area contributed by atoms with Crippen LogP contribution in [0.3, 0.4) is 0 Å². The lowest BCUT2D eigenvalue weighted by Gasteiger charge is -2.35. The van der Waals surface area contributed by atoms with Gasteiger partial charge in [0.2, 0.25) is 0 Å². The molecule has 0 N–H and O–H groups in total. The largest absolute Gasteiger partial charge is 0.0713 e. The summed E-state index contributed by atoms with van der Waals surface area (Å²) in [5.74, 6) is 0. The Balaban J connectivity index is 1.05. The predicted molar refractivity (Wildman–Crippen MR) is 270 cm³/mol. The Bertz CT molecular complexity index is 3410. The van der Waals surface area contributed by atoms with Crippen LogP contribution in [-0.4, -0.2) is 0 Å². The molecule has 0 heterocycles. The second kappa shape index (κ2) is 13.9. The van der Waals surface area contributed by atoms with Crippen molar-refractivity contribution in [3.8, 4) is 44.5 Å². The molecular formula is C64H54. The Kier molecular flexibility index (Phi) is 8.42. The van der Waals surface area contributed by atoms with Crippen LogP contribution < -0.4 is 0 Å². The molecule has 2 atom stereocenters. The van der Waals surface area contributed by atoms with Crippen molar-refractivity contribution in [2.45, 2.75) is 77.6 Å². The minimum atomic E-state index is -0.511. The highest BCUT2D eigenvalue weighted by molar-refractivity contribution is 6.05. The summed E-state index contributed by atoms with van der Waals surface area (Å²) in [6, 6.07) is 68.0. The van der Waals surface area contributed by atoms with Crippen molar-refractivity contribution in [3.63, 3.8) is 0 Å². The molecule has 0 amide bonds. The average molecular weight is 823 g/mol. The van der Waals surface area contributed by atoms with Crippen LogP contribution in [0, 0.1) is 27.7 Å². The van der Waals surface area contributed by atoms with Crippen molar-refractivity contribution >= 4 is 10.8 Å². The van der Waals surface area contributed by atoms with Crippen molar-refractivity contribution in [1.82, 2.24) is 0 Å². The third-order valence-corrected chi connectivity index (χ3v) is 16.0. The fourth-order valence-electron chi connectivity index (χ4n) is 12.9. The summed E-state index contributed by atoms with van der Waals surface area (Å²) in [6.07, 6.45) is 2.00. The molecule has 64 heavy (non-hydrogen) atoms. The minimum Gasteiger partial charge on any atom is -0.0619 e. The second-order valence-electron chi connectivity index (χ2n) is 20.0. The Morgan fingerprint density at radius 3 is 1.81 bits per heavy atom. The number of benzene rings is 9. The van der Waals surface area contributed by atoms with Gasteiger partial charge < -0.3 is 0 Å². The molecule has 0 heteroatoms. The first kappa shape index (κ1) is 38.9. The van der Waals surface area contributed by atoms with Gasteiger partial charge in [-0.1, -0.05) is 190 Å². The van der Waals surface area contributed by atoms with Crippen molar-refractivity contribution in [1.29, 1.82) is 0 Å². The third-order valence-electron chi connectivity index (χ3n) is 16.0. The smallest absolute Gasteiger partial charge is 0.0619 e. The highest BCUT2D eigenvalue weighted by Crippen LogP contribution is 2.59. The topological polar surface area (TPSA) is 0 Å². The van der Waals surface area contributed by atoms with Gasteiger partial charge in [-0.15, -0.1) is 0 Å². The highest BCUT2D eigenvalue weighted by atomic mass is 14.5. The van der Waals surface area contributed by atoms with E-state index in [9.17, 15) is 0 Å². The molecular weight excluding hydrogens is 769 g/mol. The molecule has 3 aliphatic rings. The second-order valence-corrected chi connectivity index (χ2v) is 20.0. The van der Waals surface area contributed by atoms with Crippen LogP contribution in [0.5, 0.6) is 0 Å². The van der Waals surface area contributed by atoms with Gasteiger partial charge in [-0.05, 0) is 175 Å². The van der Waals surface area contributed by atoms with Crippen LogP contribution in [-0.2, 0) is 22.7 Å². The van der Waals surface area contributed by atoms with Crippen molar-refractivity contribution in [2.75, 3.05) is 0 Å². The Labute approximate surface area is 379 Å². The monoisotopic (exact) mass is 822 g/mol. The minimum absolute atomic E-state index is 0.0536. The van der Waals surface area contributed by atoms with Gasteiger partial charge in [-0.3, -0.25) is 0 Å².